The second-order valence-corrected chi connectivity index (χ2v) is 7.06. The zero-order valence-corrected chi connectivity index (χ0v) is 12.4. The molecular formula is C18H22O2. The van der Waals surface area contributed by atoms with Gasteiger partial charge in [-0.25, -0.2) is 0 Å². The molecule has 2 atom stereocenters. The molecule has 1 aromatic rings. The predicted molar refractivity (Wildman–Crippen MR) is 80.7 cm³/mol. The summed E-state index contributed by atoms with van der Waals surface area (Å²) in [6, 6.07) is 3.81. The molecule has 2 heteroatoms. The Kier molecular flexibility index (Phi) is 2.82. The van der Waals surface area contributed by atoms with E-state index >= 15 is 0 Å². The summed E-state index contributed by atoms with van der Waals surface area (Å²) in [5, 5.41) is 10.1. The van der Waals surface area contributed by atoms with E-state index in [0.717, 1.165) is 42.2 Å². The third-order valence-corrected chi connectivity index (χ3v) is 5.36. The Bertz CT molecular complexity index is 598. The van der Waals surface area contributed by atoms with E-state index in [1.807, 2.05) is 19.1 Å². The number of aryl methyl sites for hydroxylation is 1. The first-order valence-electron chi connectivity index (χ1n) is 7.39. The molecule has 1 fully saturated rings. The van der Waals surface area contributed by atoms with Crippen LogP contribution in [0.3, 0.4) is 0 Å². The van der Waals surface area contributed by atoms with Crippen LogP contribution in [0.1, 0.15) is 49.8 Å². The molecule has 0 amide bonds. The molecule has 2 unspecified atom stereocenters. The zero-order chi connectivity index (χ0) is 14.5. The van der Waals surface area contributed by atoms with Gasteiger partial charge >= 0.3 is 0 Å². The zero-order valence-electron chi connectivity index (χ0n) is 12.4. The van der Waals surface area contributed by atoms with Gasteiger partial charge < -0.3 is 9.90 Å². The van der Waals surface area contributed by atoms with Crippen LogP contribution in [0, 0.1) is 18.3 Å². The summed E-state index contributed by atoms with van der Waals surface area (Å²) in [5.74, 6) is 0.512. The molecular weight excluding hydrogens is 248 g/mol. The fraction of sp³-hybridized carbons (Fsp3) is 0.500. The average Bonchev–Trinajstić information content (AvgIpc) is 2.39. The van der Waals surface area contributed by atoms with Crippen molar-refractivity contribution in [3.05, 3.63) is 34.9 Å². The van der Waals surface area contributed by atoms with Gasteiger partial charge in [-0.05, 0) is 59.9 Å². The van der Waals surface area contributed by atoms with Crippen molar-refractivity contribution in [3.63, 3.8) is 0 Å². The van der Waals surface area contributed by atoms with E-state index in [1.165, 1.54) is 0 Å². The van der Waals surface area contributed by atoms with Crippen molar-refractivity contribution in [2.45, 2.75) is 45.4 Å². The first-order valence-corrected chi connectivity index (χ1v) is 7.39. The van der Waals surface area contributed by atoms with Gasteiger partial charge in [0.15, 0.2) is 0 Å². The number of allylic oxidation sites excluding steroid dienone is 1. The Labute approximate surface area is 120 Å². The van der Waals surface area contributed by atoms with Crippen molar-refractivity contribution < 1.29 is 9.90 Å². The fourth-order valence-electron chi connectivity index (χ4n) is 4.23. The number of phenolic OH excluding ortho intramolecular Hbond substituents is 1. The SMILES string of the molecule is Cc1cc2c(cc1O)C1(C=O)CCCC(C)(C)C1C=C2. The van der Waals surface area contributed by atoms with Gasteiger partial charge in [-0.2, -0.15) is 0 Å². The minimum Gasteiger partial charge on any atom is -0.508 e. The number of carbonyl (C=O) groups is 1. The minimum atomic E-state index is -0.461. The number of hydrogen-bond acceptors (Lipinski definition) is 2. The summed E-state index contributed by atoms with van der Waals surface area (Å²) in [6.45, 7) is 6.39. The van der Waals surface area contributed by atoms with E-state index in [1.54, 1.807) is 0 Å². The maximum absolute atomic E-state index is 12.0. The largest absolute Gasteiger partial charge is 0.508 e. The van der Waals surface area contributed by atoms with Gasteiger partial charge in [0.25, 0.3) is 0 Å². The highest BCUT2D eigenvalue weighted by Gasteiger charge is 2.51. The molecule has 0 bridgehead atoms. The van der Waals surface area contributed by atoms with Gasteiger partial charge in [0.2, 0.25) is 0 Å². The molecule has 2 aliphatic rings. The van der Waals surface area contributed by atoms with E-state index in [-0.39, 0.29) is 11.3 Å². The topological polar surface area (TPSA) is 37.3 Å². The maximum atomic E-state index is 12.0. The van der Waals surface area contributed by atoms with E-state index in [0.29, 0.717) is 5.75 Å². The van der Waals surface area contributed by atoms with Gasteiger partial charge in [0.1, 0.15) is 12.0 Å². The number of carbonyl (C=O) groups excluding carboxylic acids is 1. The van der Waals surface area contributed by atoms with Crippen LogP contribution in [-0.2, 0) is 10.2 Å². The van der Waals surface area contributed by atoms with Crippen LogP contribution in [0.15, 0.2) is 18.2 Å². The Hall–Kier alpha value is -1.57. The van der Waals surface area contributed by atoms with E-state index < -0.39 is 5.41 Å². The van der Waals surface area contributed by atoms with Gasteiger partial charge in [0, 0.05) is 0 Å². The summed E-state index contributed by atoms with van der Waals surface area (Å²) in [6.07, 6.45) is 8.56. The van der Waals surface area contributed by atoms with E-state index in [4.69, 9.17) is 0 Å². The summed E-state index contributed by atoms with van der Waals surface area (Å²) < 4.78 is 0. The van der Waals surface area contributed by atoms with Crippen LogP contribution < -0.4 is 0 Å². The van der Waals surface area contributed by atoms with Crippen LogP contribution in [0.4, 0.5) is 0 Å². The quantitative estimate of drug-likeness (QED) is 0.783. The Morgan fingerprint density at radius 2 is 2.05 bits per heavy atom. The molecule has 1 saturated carbocycles. The van der Waals surface area contributed by atoms with Crippen molar-refractivity contribution >= 4 is 12.4 Å². The molecule has 0 aromatic heterocycles. The molecule has 106 valence electrons. The lowest BCUT2D eigenvalue weighted by molar-refractivity contribution is -0.117. The van der Waals surface area contributed by atoms with Crippen molar-refractivity contribution in [3.8, 4) is 5.75 Å². The number of phenols is 1. The maximum Gasteiger partial charge on any atom is 0.131 e. The lowest BCUT2D eigenvalue weighted by Gasteiger charge is -2.51. The summed E-state index contributed by atoms with van der Waals surface area (Å²) in [4.78, 5) is 12.0. The van der Waals surface area contributed by atoms with Gasteiger partial charge in [0.05, 0.1) is 5.41 Å². The predicted octanol–water partition coefficient (Wildman–Crippen LogP) is 3.99. The molecule has 2 aliphatic carbocycles. The second-order valence-electron chi connectivity index (χ2n) is 7.06. The first kappa shape index (κ1) is 13.4. The van der Waals surface area contributed by atoms with E-state index in [9.17, 15) is 9.90 Å². The average molecular weight is 270 g/mol. The monoisotopic (exact) mass is 270 g/mol. The number of hydrogen-bond donors (Lipinski definition) is 1. The summed E-state index contributed by atoms with van der Waals surface area (Å²) in [7, 11) is 0. The van der Waals surface area contributed by atoms with Crippen LogP contribution in [0.2, 0.25) is 0 Å². The lowest BCUT2D eigenvalue weighted by atomic mass is 9.52. The molecule has 0 saturated heterocycles. The number of fused-ring (bicyclic) bond motifs is 3. The third-order valence-electron chi connectivity index (χ3n) is 5.36. The Morgan fingerprint density at radius 1 is 1.30 bits per heavy atom. The smallest absolute Gasteiger partial charge is 0.131 e. The first-order chi connectivity index (χ1) is 9.40. The highest BCUT2D eigenvalue weighted by atomic mass is 16.3. The molecule has 1 N–H and O–H groups in total. The molecule has 20 heavy (non-hydrogen) atoms. The molecule has 0 aliphatic heterocycles. The minimum absolute atomic E-state index is 0.119. The summed E-state index contributed by atoms with van der Waals surface area (Å²) >= 11 is 0. The van der Waals surface area contributed by atoms with Crippen molar-refractivity contribution in [2.24, 2.45) is 11.3 Å². The highest BCUT2D eigenvalue weighted by molar-refractivity contribution is 5.78. The number of aromatic hydroxyl groups is 1. The third kappa shape index (κ3) is 1.67. The van der Waals surface area contributed by atoms with Gasteiger partial charge in [-0.3, -0.25) is 0 Å². The summed E-state index contributed by atoms with van der Waals surface area (Å²) in [5.41, 5.74) is 2.62. The van der Waals surface area contributed by atoms with Crippen LogP contribution in [0.5, 0.6) is 5.75 Å². The van der Waals surface area contributed by atoms with Crippen LogP contribution >= 0.6 is 0 Å². The van der Waals surface area contributed by atoms with Crippen molar-refractivity contribution in [2.75, 3.05) is 0 Å². The lowest BCUT2D eigenvalue weighted by Crippen LogP contribution is -2.48. The molecule has 0 radical (unpaired) electrons. The van der Waals surface area contributed by atoms with Crippen molar-refractivity contribution in [1.29, 1.82) is 0 Å². The second kappa shape index (κ2) is 4.21. The molecule has 1 aromatic carbocycles. The number of rotatable bonds is 1. The normalized spacial score (nSPS) is 30.4. The highest BCUT2D eigenvalue weighted by Crippen LogP contribution is 2.55. The molecule has 0 heterocycles. The number of aldehydes is 1. The van der Waals surface area contributed by atoms with E-state index in [2.05, 4.69) is 26.0 Å². The van der Waals surface area contributed by atoms with Crippen molar-refractivity contribution in [1.82, 2.24) is 0 Å². The van der Waals surface area contributed by atoms with Crippen LogP contribution in [0.25, 0.3) is 6.08 Å². The molecule has 2 nitrogen and oxygen atoms in total. The van der Waals surface area contributed by atoms with Crippen LogP contribution in [-0.4, -0.2) is 11.4 Å². The number of benzene rings is 1. The molecule has 3 rings (SSSR count). The molecule has 0 spiro atoms. The Morgan fingerprint density at radius 3 is 2.75 bits per heavy atom. The van der Waals surface area contributed by atoms with Gasteiger partial charge in [-0.1, -0.05) is 32.4 Å². The fourth-order valence-corrected chi connectivity index (χ4v) is 4.23. The standard InChI is InChI=1S/C18H22O2/c1-12-9-13-5-6-16-17(2,3)7-4-8-18(16,11-19)14(13)10-15(12)20/h5-6,9-11,16,20H,4,7-8H2,1-3H3. The Balaban J connectivity index is 2.25. The van der Waals surface area contributed by atoms with Gasteiger partial charge in [-0.15, -0.1) is 0 Å².